The third-order valence-electron chi connectivity index (χ3n) is 4.30. The number of benzene rings is 1. The van der Waals surface area contributed by atoms with E-state index in [9.17, 15) is 51.1 Å². The lowest BCUT2D eigenvalue weighted by Gasteiger charge is -2.34. The van der Waals surface area contributed by atoms with Gasteiger partial charge >= 0.3 is 0 Å². The van der Waals surface area contributed by atoms with Gasteiger partial charge < -0.3 is 51.1 Å². The van der Waals surface area contributed by atoms with Gasteiger partial charge in [0.1, 0.15) is 16.9 Å². The molecule has 0 bridgehead atoms. The molecule has 2 aromatic rings. The maximum absolute atomic E-state index is 9.96. The molecule has 13 nitrogen and oxygen atoms in total. The summed E-state index contributed by atoms with van der Waals surface area (Å²) in [4.78, 5) is 4.15. The fourth-order valence-electron chi connectivity index (χ4n) is 2.97. The topological polar surface area (TPSA) is 223 Å². The average Bonchev–Trinajstić information content (AvgIpc) is 3.02. The highest BCUT2D eigenvalue weighted by molar-refractivity contribution is 5.93. The highest BCUT2D eigenvalue weighted by atomic mass is 16.6. The Labute approximate surface area is 144 Å². The van der Waals surface area contributed by atoms with E-state index in [1.807, 2.05) is 0 Å². The molecule has 2 heterocycles. The molecule has 1 aliphatic heterocycles. The molecule has 0 amide bonds. The van der Waals surface area contributed by atoms with Gasteiger partial charge in [-0.2, -0.15) is 4.90 Å². The van der Waals surface area contributed by atoms with Crippen LogP contribution in [0.25, 0.3) is 11.0 Å². The lowest BCUT2D eigenvalue weighted by Crippen LogP contribution is -2.54. The van der Waals surface area contributed by atoms with Crippen LogP contribution in [0.4, 0.5) is 0 Å². The summed E-state index contributed by atoms with van der Waals surface area (Å²) >= 11 is 0. The van der Waals surface area contributed by atoms with Gasteiger partial charge in [0, 0.05) is 12.8 Å². The number of hydrogen-bond acceptors (Lipinski definition) is 12. The zero-order valence-corrected chi connectivity index (χ0v) is 13.0. The van der Waals surface area contributed by atoms with Crippen LogP contribution >= 0.6 is 0 Å². The highest BCUT2D eigenvalue weighted by Crippen LogP contribution is 2.49. The van der Waals surface area contributed by atoms with Crippen LogP contribution in [0.5, 0.6) is 23.0 Å². The number of rotatable bonds is 3. The Morgan fingerprint density at radius 1 is 0.846 bits per heavy atom. The number of likely N-dealkylation sites (tertiary alicyclic amines) is 1. The van der Waals surface area contributed by atoms with Crippen molar-refractivity contribution in [3.8, 4) is 23.0 Å². The molecule has 0 radical (unpaired) electrons. The van der Waals surface area contributed by atoms with E-state index in [0.717, 1.165) is 0 Å². The molecule has 10 N–H and O–H groups in total. The maximum atomic E-state index is 9.96. The first-order chi connectivity index (χ1) is 11.9. The second-order valence-corrected chi connectivity index (χ2v) is 5.97. The Morgan fingerprint density at radius 3 is 1.85 bits per heavy atom. The molecule has 3 rings (SSSR count). The molecular weight excluding hydrogens is 358 g/mol. The largest absolute Gasteiger partial charge is 0.503 e. The molecule has 0 atom stereocenters. The molecule has 0 unspecified atom stereocenters. The number of phenolic OH excluding ortho intramolecular Hbond substituents is 4. The van der Waals surface area contributed by atoms with Crippen LogP contribution in [0.1, 0.15) is 25.1 Å². The van der Waals surface area contributed by atoms with Gasteiger partial charge in [-0.1, -0.05) is 0 Å². The molecule has 1 aromatic carbocycles. The molecule has 26 heavy (non-hydrogen) atoms. The minimum Gasteiger partial charge on any atom is -0.503 e. The molecule has 1 fully saturated rings. The second-order valence-electron chi connectivity index (χ2n) is 5.97. The van der Waals surface area contributed by atoms with Gasteiger partial charge in [-0.25, -0.2) is 4.98 Å². The third kappa shape index (κ3) is 2.50. The van der Waals surface area contributed by atoms with Crippen LogP contribution in [-0.2, 0) is 6.54 Å². The number of hydrogen-bond donors (Lipinski definition) is 10. The smallest absolute Gasteiger partial charge is 0.240 e. The monoisotopic (exact) mass is 375 g/mol. The molecule has 1 saturated heterocycles. The number of aliphatic hydroxyl groups is 6. The van der Waals surface area contributed by atoms with Crippen LogP contribution in [0, 0.1) is 0 Å². The summed E-state index contributed by atoms with van der Waals surface area (Å²) in [5.41, 5.74) is -1.15. The van der Waals surface area contributed by atoms with Crippen LogP contribution in [0.15, 0.2) is 0 Å². The van der Waals surface area contributed by atoms with Crippen molar-refractivity contribution in [1.82, 2.24) is 14.5 Å². The van der Waals surface area contributed by atoms with E-state index in [-0.39, 0.29) is 0 Å². The van der Waals surface area contributed by atoms with Crippen molar-refractivity contribution >= 4 is 11.0 Å². The number of nitrogens with zero attached hydrogens (tertiary/aromatic N) is 3. The maximum Gasteiger partial charge on any atom is 0.240 e. The minimum atomic E-state index is -2.67. The van der Waals surface area contributed by atoms with Gasteiger partial charge in [0.05, 0.1) is 6.54 Å². The lowest BCUT2D eigenvalue weighted by atomic mass is 10.2. The van der Waals surface area contributed by atoms with Crippen LogP contribution in [-0.4, -0.2) is 77.3 Å². The van der Waals surface area contributed by atoms with E-state index < -0.39 is 77.5 Å². The lowest BCUT2D eigenvalue weighted by molar-refractivity contribution is -0.347. The minimum absolute atomic E-state index is 0.383. The quantitative estimate of drug-likeness (QED) is 0.149. The first kappa shape index (κ1) is 18.4. The van der Waals surface area contributed by atoms with Gasteiger partial charge in [0.15, 0.2) is 11.5 Å². The van der Waals surface area contributed by atoms with Crippen molar-refractivity contribution in [1.29, 1.82) is 0 Å². The average molecular weight is 375 g/mol. The van der Waals surface area contributed by atoms with Crippen LogP contribution < -0.4 is 0 Å². The second kappa shape index (κ2) is 5.55. The molecule has 144 valence electrons. The molecule has 1 aromatic heterocycles. The van der Waals surface area contributed by atoms with E-state index >= 15 is 0 Å². The molecule has 0 aliphatic carbocycles. The van der Waals surface area contributed by atoms with Gasteiger partial charge in [-0.05, 0) is 0 Å². The fourth-order valence-corrected chi connectivity index (χ4v) is 2.97. The van der Waals surface area contributed by atoms with E-state index in [4.69, 9.17) is 0 Å². The summed E-state index contributed by atoms with van der Waals surface area (Å²) < 4.78 is 0.480. The summed E-state index contributed by atoms with van der Waals surface area (Å²) in [7, 11) is 0. The van der Waals surface area contributed by atoms with Crippen LogP contribution in [0.3, 0.4) is 0 Å². The Morgan fingerprint density at radius 2 is 1.35 bits per heavy atom. The number of aromatic nitrogens is 2. The van der Waals surface area contributed by atoms with Crippen molar-refractivity contribution < 1.29 is 51.1 Å². The summed E-state index contributed by atoms with van der Waals surface area (Å²) in [6.07, 6.45) is -3.27. The molecule has 1 aliphatic rings. The predicted octanol–water partition coefficient (Wildman–Crippen LogP) is -2.83. The van der Waals surface area contributed by atoms with Gasteiger partial charge in [-0.15, -0.1) is 0 Å². The predicted molar refractivity (Wildman–Crippen MR) is 79.0 cm³/mol. The van der Waals surface area contributed by atoms with Crippen molar-refractivity contribution in [2.75, 3.05) is 0 Å². The molecule has 13 heteroatoms. The van der Waals surface area contributed by atoms with E-state index in [1.54, 1.807) is 0 Å². The summed E-state index contributed by atoms with van der Waals surface area (Å²) in [5, 5.41) is 97.7. The first-order valence-electron chi connectivity index (χ1n) is 7.28. The van der Waals surface area contributed by atoms with Crippen molar-refractivity contribution in [2.24, 2.45) is 0 Å². The number of fused-ring (bicyclic) bond motifs is 1. The summed E-state index contributed by atoms with van der Waals surface area (Å²) in [6, 6.07) is 0. The Kier molecular flexibility index (Phi) is 3.93. The van der Waals surface area contributed by atoms with Crippen molar-refractivity contribution in [3.63, 3.8) is 0 Å². The molecule has 0 spiro atoms. The number of aromatic hydroxyl groups is 4. The fraction of sp³-hybridized carbons (Fsp3) is 0.462. The summed E-state index contributed by atoms with van der Waals surface area (Å²) in [6.45, 7) is -0.785. The van der Waals surface area contributed by atoms with Gasteiger partial charge in [0.25, 0.3) is 0 Å². The third-order valence-corrected chi connectivity index (χ3v) is 4.30. The van der Waals surface area contributed by atoms with Crippen molar-refractivity contribution in [3.05, 3.63) is 5.82 Å². The van der Waals surface area contributed by atoms with E-state index in [1.165, 1.54) is 0 Å². The zero-order chi connectivity index (χ0) is 19.6. The normalized spacial score (nSPS) is 19.7. The van der Waals surface area contributed by atoms with Gasteiger partial charge in [-0.3, -0.25) is 4.57 Å². The Hall–Kier alpha value is -2.39. The van der Waals surface area contributed by atoms with E-state index in [2.05, 4.69) is 4.98 Å². The van der Waals surface area contributed by atoms with Gasteiger partial charge in [0.2, 0.25) is 29.7 Å². The number of aliphatic hydroxyl groups excluding tert-OH is 1. The Balaban J connectivity index is 2.23. The SMILES string of the molecule is Oc1c(O)c(O)c2c(nc(CN3C(O)(O)CCC3(O)O)n2C(O)O)c1O. The van der Waals surface area contributed by atoms with E-state index in [0.29, 0.717) is 9.47 Å². The van der Waals surface area contributed by atoms with Crippen LogP contribution in [0.2, 0.25) is 0 Å². The number of imidazole rings is 1. The first-order valence-corrected chi connectivity index (χ1v) is 7.28. The Bertz CT molecular complexity index is 859. The summed E-state index contributed by atoms with van der Waals surface area (Å²) in [5.74, 6) is -10.1. The highest BCUT2D eigenvalue weighted by Gasteiger charge is 2.53. The zero-order valence-electron chi connectivity index (χ0n) is 13.0. The molecule has 0 saturated carbocycles. The van der Waals surface area contributed by atoms with Crippen molar-refractivity contribution in [2.45, 2.75) is 37.6 Å². The molecular formula is C13H17N3O10. The number of phenols is 4. The standard InChI is InChI=1S/C13H17N3O10/c17-7-5-6(8(18)10(20)9(7)19)16(11(21)22)4(14-5)3-15-12(23,24)1-2-13(15,25)26/h11,17-26H,1-3H2.